The van der Waals surface area contributed by atoms with Crippen LogP contribution in [0.15, 0.2) is 24.7 Å². The Hall–Kier alpha value is -2.47. The first-order valence-electron chi connectivity index (χ1n) is 8.97. The lowest BCUT2D eigenvalue weighted by Gasteiger charge is -2.44. The highest BCUT2D eigenvalue weighted by Gasteiger charge is 2.44. The van der Waals surface area contributed by atoms with Crippen molar-refractivity contribution in [3.8, 4) is 5.75 Å². The van der Waals surface area contributed by atoms with E-state index in [0.717, 1.165) is 11.1 Å². The number of Topliss-reactive ketones (excluding diaryl/α,β-unsaturated/α-hetero) is 1. The number of amides is 1. The Labute approximate surface area is 162 Å². The normalized spacial score (nSPS) is 18.2. The van der Waals surface area contributed by atoms with Crippen LogP contribution in [-0.2, 0) is 0 Å². The fourth-order valence-corrected chi connectivity index (χ4v) is 4.12. The van der Waals surface area contributed by atoms with Crippen molar-refractivity contribution in [2.45, 2.75) is 38.7 Å². The van der Waals surface area contributed by atoms with Gasteiger partial charge in [0.05, 0.1) is 18.2 Å². The van der Waals surface area contributed by atoms with Crippen molar-refractivity contribution in [2.75, 3.05) is 13.1 Å². The summed E-state index contributed by atoms with van der Waals surface area (Å²) in [5.74, 6) is 0.530. The molecular weight excluding hydrogens is 366 g/mol. The number of aryl methyl sites for hydroxylation is 1. The number of nitrogens with zero attached hydrogens (tertiary/aromatic N) is 3. The minimum absolute atomic E-state index is 0.0596. The number of carbonyl (C=O) groups is 2. The predicted molar refractivity (Wildman–Crippen MR) is 100 cm³/mol. The highest BCUT2D eigenvalue weighted by Crippen LogP contribution is 2.43. The number of hydrogen-bond donors (Lipinski definition) is 0. The molecule has 2 aromatic rings. The molecule has 7 heteroatoms. The largest absolute Gasteiger partial charge is 0.486 e. The molecule has 6 nitrogen and oxygen atoms in total. The summed E-state index contributed by atoms with van der Waals surface area (Å²) in [5.41, 5.74) is 2.04. The third kappa shape index (κ3) is 3.08. The summed E-state index contributed by atoms with van der Waals surface area (Å²) in [6.07, 6.45) is 6.04. The Bertz CT molecular complexity index is 922. The minimum atomic E-state index is -0.560. The summed E-state index contributed by atoms with van der Waals surface area (Å²) in [6, 6.07) is 1.85. The molecule has 0 unspecified atom stereocenters. The van der Waals surface area contributed by atoms with Crippen molar-refractivity contribution in [3.05, 3.63) is 52.1 Å². The first-order chi connectivity index (χ1) is 12.9. The van der Waals surface area contributed by atoms with Crippen LogP contribution in [0.1, 0.15) is 51.2 Å². The molecule has 0 aliphatic carbocycles. The molecule has 1 amide bonds. The third-order valence-corrected chi connectivity index (χ3v) is 6.06. The number of piperidine rings is 1. The molecule has 140 valence electrons. The molecule has 3 heterocycles. The van der Waals surface area contributed by atoms with E-state index in [1.807, 2.05) is 19.9 Å². The standard InChI is InChI=1S/C20H20ClN3O3/c1-12-9-16-17(13(2)18(12)21)15(25)10-20(27-16)3-7-24(8-4-20)19(26)14-11-22-5-6-23-14/h5-6,9,11H,3-4,7-8,10H2,1-2H3. The second-order valence-electron chi connectivity index (χ2n) is 7.27. The van der Waals surface area contributed by atoms with Gasteiger partial charge in [-0.25, -0.2) is 4.98 Å². The Morgan fingerprint density at radius 1 is 1.26 bits per heavy atom. The number of carbonyl (C=O) groups excluding carboxylic acids is 2. The second kappa shape index (κ2) is 6.60. The van der Waals surface area contributed by atoms with Gasteiger partial charge in [0.2, 0.25) is 0 Å². The van der Waals surface area contributed by atoms with Gasteiger partial charge in [-0.3, -0.25) is 14.6 Å². The number of fused-ring (bicyclic) bond motifs is 1. The molecule has 0 atom stereocenters. The number of aromatic nitrogens is 2. The highest BCUT2D eigenvalue weighted by molar-refractivity contribution is 6.32. The number of ketones is 1. The molecule has 2 aliphatic heterocycles. The molecule has 0 bridgehead atoms. The van der Waals surface area contributed by atoms with Crippen LogP contribution in [0.5, 0.6) is 5.75 Å². The first-order valence-corrected chi connectivity index (χ1v) is 9.35. The van der Waals surface area contributed by atoms with E-state index in [4.69, 9.17) is 16.3 Å². The van der Waals surface area contributed by atoms with E-state index < -0.39 is 5.60 Å². The van der Waals surface area contributed by atoms with Gasteiger partial charge in [0.15, 0.2) is 5.78 Å². The molecule has 4 rings (SSSR count). The van der Waals surface area contributed by atoms with Crippen molar-refractivity contribution in [3.63, 3.8) is 0 Å². The lowest BCUT2D eigenvalue weighted by Crippen LogP contribution is -2.52. The number of benzene rings is 1. The van der Waals surface area contributed by atoms with E-state index in [0.29, 0.717) is 54.4 Å². The minimum Gasteiger partial charge on any atom is -0.486 e. The van der Waals surface area contributed by atoms with E-state index in [9.17, 15) is 9.59 Å². The highest BCUT2D eigenvalue weighted by atomic mass is 35.5. The van der Waals surface area contributed by atoms with E-state index in [1.165, 1.54) is 18.6 Å². The van der Waals surface area contributed by atoms with Crippen molar-refractivity contribution in [1.82, 2.24) is 14.9 Å². The average molecular weight is 386 g/mol. The van der Waals surface area contributed by atoms with Gasteiger partial charge in [-0.1, -0.05) is 11.6 Å². The zero-order valence-corrected chi connectivity index (χ0v) is 16.0. The molecule has 1 spiro atoms. The molecule has 0 saturated carbocycles. The quantitative estimate of drug-likeness (QED) is 0.752. The topological polar surface area (TPSA) is 72.4 Å². The van der Waals surface area contributed by atoms with Crippen molar-refractivity contribution >= 4 is 23.3 Å². The van der Waals surface area contributed by atoms with Crippen LogP contribution < -0.4 is 4.74 Å². The summed E-state index contributed by atoms with van der Waals surface area (Å²) < 4.78 is 6.34. The van der Waals surface area contributed by atoms with Gasteiger partial charge in [0.1, 0.15) is 17.0 Å². The van der Waals surface area contributed by atoms with Gasteiger partial charge in [-0.2, -0.15) is 0 Å². The number of likely N-dealkylation sites (tertiary alicyclic amines) is 1. The van der Waals surface area contributed by atoms with Crippen molar-refractivity contribution in [1.29, 1.82) is 0 Å². The third-order valence-electron chi connectivity index (χ3n) is 5.48. The second-order valence-corrected chi connectivity index (χ2v) is 7.65. The van der Waals surface area contributed by atoms with Crippen LogP contribution >= 0.6 is 11.6 Å². The molecule has 27 heavy (non-hydrogen) atoms. The van der Waals surface area contributed by atoms with Crippen LogP contribution in [0, 0.1) is 13.8 Å². The summed E-state index contributed by atoms with van der Waals surface area (Å²) in [4.78, 5) is 35.2. The summed E-state index contributed by atoms with van der Waals surface area (Å²) in [7, 11) is 0. The number of halogens is 1. The zero-order chi connectivity index (χ0) is 19.2. The van der Waals surface area contributed by atoms with E-state index >= 15 is 0 Å². The van der Waals surface area contributed by atoms with Crippen LogP contribution in [0.2, 0.25) is 5.02 Å². The number of rotatable bonds is 1. The number of hydrogen-bond acceptors (Lipinski definition) is 5. The fraction of sp³-hybridized carbons (Fsp3) is 0.400. The van der Waals surface area contributed by atoms with Crippen molar-refractivity contribution < 1.29 is 14.3 Å². The van der Waals surface area contributed by atoms with Gasteiger partial charge in [0.25, 0.3) is 5.91 Å². The fourth-order valence-electron chi connectivity index (χ4n) is 3.97. The Morgan fingerprint density at radius 2 is 2.00 bits per heavy atom. The van der Waals surface area contributed by atoms with Crippen LogP contribution in [0.25, 0.3) is 0 Å². The SMILES string of the molecule is Cc1cc2c(c(C)c1Cl)C(=O)CC1(CCN(C(=O)c3cnccn3)CC1)O2. The van der Waals surface area contributed by atoms with Crippen LogP contribution in [0.4, 0.5) is 0 Å². The molecule has 1 fully saturated rings. The lowest BCUT2D eigenvalue weighted by atomic mass is 9.81. The molecule has 0 radical (unpaired) electrons. The average Bonchev–Trinajstić information content (AvgIpc) is 2.66. The van der Waals surface area contributed by atoms with E-state index in [1.54, 1.807) is 4.90 Å². The molecule has 1 aromatic heterocycles. The molecule has 2 aliphatic rings. The van der Waals surface area contributed by atoms with Crippen molar-refractivity contribution in [2.24, 2.45) is 0 Å². The Balaban J connectivity index is 1.54. The summed E-state index contributed by atoms with van der Waals surface area (Å²) in [6.45, 7) is 4.80. The zero-order valence-electron chi connectivity index (χ0n) is 15.3. The number of ether oxygens (including phenoxy) is 1. The predicted octanol–water partition coefficient (Wildman–Crippen LogP) is 3.39. The van der Waals surface area contributed by atoms with E-state index in [2.05, 4.69) is 9.97 Å². The van der Waals surface area contributed by atoms with Crippen LogP contribution in [0.3, 0.4) is 0 Å². The maximum absolute atomic E-state index is 12.8. The Morgan fingerprint density at radius 3 is 2.67 bits per heavy atom. The molecule has 1 saturated heterocycles. The molecule has 0 N–H and O–H groups in total. The Kier molecular flexibility index (Phi) is 4.38. The summed E-state index contributed by atoms with van der Waals surface area (Å²) >= 11 is 6.31. The first kappa shape index (κ1) is 17.9. The maximum Gasteiger partial charge on any atom is 0.274 e. The lowest BCUT2D eigenvalue weighted by molar-refractivity contribution is -0.00595. The smallest absolute Gasteiger partial charge is 0.274 e. The summed E-state index contributed by atoms with van der Waals surface area (Å²) in [5, 5.41) is 0.617. The molecule has 1 aromatic carbocycles. The van der Waals surface area contributed by atoms with Crippen LogP contribution in [-0.4, -0.2) is 45.2 Å². The van der Waals surface area contributed by atoms with E-state index in [-0.39, 0.29) is 11.7 Å². The van der Waals surface area contributed by atoms with Gasteiger partial charge in [-0.05, 0) is 31.0 Å². The van der Waals surface area contributed by atoms with Gasteiger partial charge in [0, 0.05) is 43.3 Å². The monoisotopic (exact) mass is 385 g/mol. The van der Waals surface area contributed by atoms with Gasteiger partial charge >= 0.3 is 0 Å². The molecular formula is C20H20ClN3O3. The van der Waals surface area contributed by atoms with Gasteiger partial charge in [-0.15, -0.1) is 0 Å². The maximum atomic E-state index is 12.8. The van der Waals surface area contributed by atoms with Gasteiger partial charge < -0.3 is 9.64 Å².